The maximum Gasteiger partial charge on any atom is 0.232 e. The van der Waals surface area contributed by atoms with Crippen LogP contribution in [0.25, 0.3) is 64.8 Å². The van der Waals surface area contributed by atoms with Crippen LogP contribution in [0.2, 0.25) is 0 Å². The molecule has 2 aliphatic heterocycles. The first-order valence-corrected chi connectivity index (χ1v) is 12.8. The van der Waals surface area contributed by atoms with E-state index in [-0.39, 0.29) is 11.4 Å². The van der Waals surface area contributed by atoms with E-state index in [4.69, 9.17) is 9.97 Å². The fourth-order valence-corrected chi connectivity index (χ4v) is 5.86. The number of unbranched alkanes of at least 4 members (excludes halogenated alkanes) is 1. The zero-order valence-electron chi connectivity index (χ0n) is 19.7. The van der Waals surface area contributed by atoms with E-state index < -0.39 is 5.82 Å². The molecular formula is C27H20FN7OS. The van der Waals surface area contributed by atoms with Crippen molar-refractivity contribution in [3.05, 3.63) is 60.8 Å². The number of hydrogen-bond acceptors (Lipinski definition) is 6. The Morgan fingerprint density at radius 1 is 1.08 bits per heavy atom. The minimum atomic E-state index is -0.519. The first-order chi connectivity index (χ1) is 18.1. The molecule has 8 nitrogen and oxygen atoms in total. The van der Waals surface area contributed by atoms with Crippen LogP contribution in [0.5, 0.6) is 0 Å². The van der Waals surface area contributed by atoms with Crippen molar-refractivity contribution in [2.75, 3.05) is 0 Å². The van der Waals surface area contributed by atoms with Crippen LogP contribution < -0.4 is 0 Å². The predicted octanol–water partition coefficient (Wildman–Crippen LogP) is 6.75. The second-order valence-corrected chi connectivity index (χ2v) is 10.0. The Labute approximate surface area is 212 Å². The summed E-state index contributed by atoms with van der Waals surface area (Å²) in [5.74, 6) is -0.562. The summed E-state index contributed by atoms with van der Waals surface area (Å²) in [5.41, 5.74) is 3.77. The van der Waals surface area contributed by atoms with Gasteiger partial charge in [0.2, 0.25) is 5.91 Å². The molecule has 5 aromatic rings. The number of aromatic amines is 2. The summed E-state index contributed by atoms with van der Waals surface area (Å²) in [6.45, 7) is 2.05. The van der Waals surface area contributed by atoms with E-state index in [2.05, 4.69) is 27.1 Å². The molecule has 0 saturated carbocycles. The van der Waals surface area contributed by atoms with Crippen molar-refractivity contribution in [3.8, 4) is 11.3 Å². The number of H-pyrrole nitrogens is 2. The third kappa shape index (κ3) is 3.36. The van der Waals surface area contributed by atoms with Gasteiger partial charge in [0.15, 0.2) is 11.5 Å². The lowest BCUT2D eigenvalue weighted by Crippen LogP contribution is -2.10. The number of thiophene rings is 1. The number of carbonyl (C=O) groups is 1. The smallest absolute Gasteiger partial charge is 0.232 e. The Morgan fingerprint density at radius 2 is 2.00 bits per heavy atom. The number of pyridine rings is 2. The van der Waals surface area contributed by atoms with Crippen molar-refractivity contribution in [3.63, 3.8) is 0 Å². The third-order valence-corrected chi connectivity index (χ3v) is 7.70. The van der Waals surface area contributed by atoms with Crippen LogP contribution in [-0.4, -0.2) is 40.6 Å². The van der Waals surface area contributed by atoms with Crippen LogP contribution in [0.4, 0.5) is 4.39 Å². The molecule has 6 heterocycles. The van der Waals surface area contributed by atoms with Gasteiger partial charge in [-0.25, -0.2) is 14.4 Å². The van der Waals surface area contributed by atoms with Crippen molar-refractivity contribution >= 4 is 70.8 Å². The van der Waals surface area contributed by atoms with Gasteiger partial charge >= 0.3 is 0 Å². The van der Waals surface area contributed by atoms with Crippen LogP contribution in [0.15, 0.2) is 55.0 Å². The molecule has 7 rings (SSSR count). The zero-order chi connectivity index (χ0) is 25.1. The van der Waals surface area contributed by atoms with Gasteiger partial charge in [0, 0.05) is 28.1 Å². The summed E-state index contributed by atoms with van der Waals surface area (Å²) in [6.07, 6.45) is 6.82. The van der Waals surface area contributed by atoms with Gasteiger partial charge < -0.3 is 0 Å². The molecule has 2 N–H and O–H groups in total. The van der Waals surface area contributed by atoms with Gasteiger partial charge in [-0.2, -0.15) is 0 Å². The Hall–Kier alpha value is -4.44. The highest BCUT2D eigenvalue weighted by atomic mass is 32.1. The quantitative estimate of drug-likeness (QED) is 0.274. The van der Waals surface area contributed by atoms with Gasteiger partial charge in [-0.15, -0.1) is 11.3 Å². The average Bonchev–Trinajstić information content (AvgIpc) is 3.65. The second-order valence-electron chi connectivity index (χ2n) is 8.96. The maximum atomic E-state index is 16.1. The van der Waals surface area contributed by atoms with Crippen molar-refractivity contribution in [2.45, 2.75) is 26.2 Å². The van der Waals surface area contributed by atoms with Gasteiger partial charge in [-0.1, -0.05) is 25.5 Å². The average molecular weight is 510 g/mol. The summed E-state index contributed by atoms with van der Waals surface area (Å²) >= 11 is 1.50. The molecule has 0 unspecified atom stereocenters. The normalized spacial score (nSPS) is 11.9. The van der Waals surface area contributed by atoms with Gasteiger partial charge in [0.25, 0.3) is 0 Å². The van der Waals surface area contributed by atoms with E-state index in [1.807, 2.05) is 30.3 Å². The van der Waals surface area contributed by atoms with E-state index in [1.165, 1.54) is 11.3 Å². The second kappa shape index (κ2) is 8.31. The zero-order valence-corrected chi connectivity index (χ0v) is 20.6. The van der Waals surface area contributed by atoms with Gasteiger partial charge in [0.05, 0.1) is 40.0 Å². The van der Waals surface area contributed by atoms with E-state index in [0.29, 0.717) is 50.8 Å². The van der Waals surface area contributed by atoms with E-state index in [0.717, 1.165) is 27.8 Å². The van der Waals surface area contributed by atoms with Crippen LogP contribution in [0, 0.1) is 5.82 Å². The lowest BCUT2D eigenvalue weighted by molar-refractivity contribution is 0.0909. The molecule has 182 valence electrons. The Kier molecular flexibility index (Phi) is 4.90. The largest absolute Gasteiger partial charge is 0.298 e. The molecule has 0 saturated heterocycles. The molecule has 0 aliphatic carbocycles. The fourth-order valence-electron chi connectivity index (χ4n) is 4.79. The maximum absolute atomic E-state index is 16.1. The number of fused-ring (bicyclic) bond motifs is 9. The number of nitrogens with zero attached hydrogens (tertiary/aromatic N) is 5. The Balaban J connectivity index is 1.71. The first kappa shape index (κ1) is 21.8. The number of rotatable bonds is 3. The molecule has 0 amide bonds. The standard InChI is InChI=1S/C27H20FN7OS/c1-2-3-7-20(36)35-15-10-14(11-29-12-15)24-23(28)22-18(13-30-24)33-34-26(22)27-31-17-6-4-5-16(25(17)32-27)19-8-9-21(35)37-19/h4-6,8-13,33-34H,2-3,7H2,1H3. The van der Waals surface area contributed by atoms with Crippen LogP contribution >= 0.6 is 11.3 Å². The number of nitrogens with one attached hydrogen (secondary N) is 2. The Bertz CT molecular complexity index is 2030. The van der Waals surface area contributed by atoms with Crippen LogP contribution in [0.3, 0.4) is 0 Å². The molecule has 4 aromatic heterocycles. The predicted molar refractivity (Wildman–Crippen MR) is 144 cm³/mol. The molecule has 0 radical (unpaired) electrons. The lowest BCUT2D eigenvalue weighted by atomic mass is 10.1. The van der Waals surface area contributed by atoms with Crippen molar-refractivity contribution in [2.24, 2.45) is 0 Å². The number of aromatic nitrogens is 7. The highest BCUT2D eigenvalue weighted by molar-refractivity contribution is 7.24. The molecule has 2 aliphatic rings. The fraction of sp³-hybridized carbons (Fsp3) is 0.148. The first-order valence-electron chi connectivity index (χ1n) is 12.0. The number of benzene rings is 1. The minimum absolute atomic E-state index is 0.0430. The summed E-state index contributed by atoms with van der Waals surface area (Å²) < 4.78 is 18.7. The van der Waals surface area contributed by atoms with E-state index in [9.17, 15) is 4.79 Å². The molecule has 37 heavy (non-hydrogen) atoms. The molecule has 0 spiro atoms. The number of halogens is 1. The van der Waals surface area contributed by atoms with E-state index in [1.54, 1.807) is 29.2 Å². The molecular weight excluding hydrogens is 489 g/mol. The SMILES string of the molecule is CCCCC(=O)n1c2cncc(c2)c2ncc3[nH][nH]c(c4nc5cccc(c6ccc1s6)c5n4)-c3c2F. The highest BCUT2D eigenvalue weighted by Gasteiger charge is 2.20. The summed E-state index contributed by atoms with van der Waals surface area (Å²) in [5, 5.41) is 7.38. The number of hydrogen-bond donors (Lipinski definition) is 2. The van der Waals surface area contributed by atoms with E-state index >= 15 is 4.39 Å². The lowest BCUT2D eigenvalue weighted by Gasteiger charge is -2.07. The Morgan fingerprint density at radius 3 is 2.89 bits per heavy atom. The molecule has 0 atom stereocenters. The minimum Gasteiger partial charge on any atom is -0.298 e. The van der Waals surface area contributed by atoms with Crippen LogP contribution in [-0.2, 0) is 0 Å². The van der Waals surface area contributed by atoms with Crippen molar-refractivity contribution in [1.82, 2.24) is 34.7 Å². The summed E-state index contributed by atoms with van der Waals surface area (Å²) in [7, 11) is 0. The molecule has 0 fully saturated rings. The van der Waals surface area contributed by atoms with Gasteiger partial charge in [0.1, 0.15) is 16.0 Å². The molecule has 10 heteroatoms. The van der Waals surface area contributed by atoms with Crippen molar-refractivity contribution in [1.29, 1.82) is 0 Å². The summed E-state index contributed by atoms with van der Waals surface area (Å²) in [6, 6.07) is 11.5. The monoisotopic (exact) mass is 509 g/mol. The molecule has 8 bridgehead atoms. The van der Waals surface area contributed by atoms with Crippen molar-refractivity contribution < 1.29 is 9.18 Å². The number of carbonyl (C=O) groups excluding carboxylic acids is 1. The number of para-hydroxylation sites is 1. The summed E-state index contributed by atoms with van der Waals surface area (Å²) in [4.78, 5) is 32.5. The number of imidazole rings is 1. The van der Waals surface area contributed by atoms with Gasteiger partial charge in [-0.05, 0) is 30.7 Å². The van der Waals surface area contributed by atoms with Crippen LogP contribution in [0.1, 0.15) is 31.0 Å². The van der Waals surface area contributed by atoms with Gasteiger partial charge in [-0.3, -0.25) is 29.5 Å². The highest BCUT2D eigenvalue weighted by Crippen LogP contribution is 2.34. The molecule has 1 aromatic carbocycles. The topological polar surface area (TPSA) is 105 Å². The third-order valence-electron chi connectivity index (χ3n) is 6.60.